The van der Waals surface area contributed by atoms with Crippen molar-refractivity contribution < 1.29 is 9.72 Å². The number of carbonyl (C=O) groups excluding carboxylic acids is 1. The minimum absolute atomic E-state index is 0.116. The van der Waals surface area contributed by atoms with E-state index in [1.165, 1.54) is 23.9 Å². The number of benzene rings is 1. The second-order valence-corrected chi connectivity index (χ2v) is 5.73. The van der Waals surface area contributed by atoms with Crippen molar-refractivity contribution in [1.29, 1.82) is 0 Å². The zero-order valence-corrected chi connectivity index (χ0v) is 12.7. The number of thioether (sulfide) groups is 1. The van der Waals surface area contributed by atoms with Crippen LogP contribution in [0.5, 0.6) is 0 Å². The largest absolute Gasteiger partial charge is 0.366 e. The molecule has 0 fully saturated rings. The molecule has 1 aromatic carbocycles. The lowest BCUT2D eigenvalue weighted by atomic mass is 10.1. The molecule has 2 aromatic heterocycles. The number of hydrogen-bond donors (Lipinski definition) is 1. The highest BCUT2D eigenvalue weighted by Gasteiger charge is 2.17. The van der Waals surface area contributed by atoms with Crippen LogP contribution in [0.15, 0.2) is 53.9 Å². The number of aromatic nitrogens is 2. The first kappa shape index (κ1) is 15.0. The van der Waals surface area contributed by atoms with E-state index in [0.29, 0.717) is 11.3 Å². The summed E-state index contributed by atoms with van der Waals surface area (Å²) in [5.74, 6) is -0.324. The van der Waals surface area contributed by atoms with E-state index in [9.17, 15) is 14.9 Å². The van der Waals surface area contributed by atoms with E-state index in [2.05, 4.69) is 4.98 Å². The summed E-state index contributed by atoms with van der Waals surface area (Å²) in [7, 11) is 0. The maximum Gasteiger partial charge on any atom is 0.274 e. The van der Waals surface area contributed by atoms with Crippen LogP contribution in [-0.4, -0.2) is 20.2 Å². The fourth-order valence-corrected chi connectivity index (χ4v) is 3.14. The van der Waals surface area contributed by atoms with Crippen LogP contribution in [0.3, 0.4) is 0 Å². The second-order valence-electron chi connectivity index (χ2n) is 4.79. The van der Waals surface area contributed by atoms with Gasteiger partial charge in [-0.1, -0.05) is 23.9 Å². The molecule has 1 amide bonds. The molecule has 0 aliphatic carbocycles. The van der Waals surface area contributed by atoms with Crippen molar-refractivity contribution in [3.8, 4) is 0 Å². The van der Waals surface area contributed by atoms with Gasteiger partial charge in [0.2, 0.25) is 5.91 Å². The number of carbonyl (C=O) groups is 1. The molecule has 0 unspecified atom stereocenters. The van der Waals surface area contributed by atoms with Crippen LogP contribution in [0, 0.1) is 10.1 Å². The number of imidazole rings is 1. The van der Waals surface area contributed by atoms with Gasteiger partial charge in [0.25, 0.3) is 5.69 Å². The van der Waals surface area contributed by atoms with Gasteiger partial charge in [0.1, 0.15) is 0 Å². The molecule has 0 saturated heterocycles. The molecule has 3 aromatic rings. The third kappa shape index (κ3) is 3.02. The smallest absolute Gasteiger partial charge is 0.274 e. The van der Waals surface area contributed by atoms with E-state index >= 15 is 0 Å². The standard InChI is InChI=1S/C15H12N4O3S/c16-14(20)10-4-5-11(13(7-10)19(21)22)9-23-15-17-8-12-3-1-2-6-18(12)15/h1-8H,9H2,(H2,16,20). The summed E-state index contributed by atoms with van der Waals surface area (Å²) < 4.78 is 1.91. The molecule has 116 valence electrons. The maximum absolute atomic E-state index is 11.2. The number of hydrogen-bond acceptors (Lipinski definition) is 5. The van der Waals surface area contributed by atoms with E-state index in [-0.39, 0.29) is 11.3 Å². The molecule has 0 aliphatic heterocycles. The summed E-state index contributed by atoms with van der Waals surface area (Å²) >= 11 is 1.39. The predicted octanol–water partition coefficient (Wildman–Crippen LogP) is 2.63. The lowest BCUT2D eigenvalue weighted by Crippen LogP contribution is -2.11. The van der Waals surface area contributed by atoms with Gasteiger partial charge in [-0.25, -0.2) is 4.98 Å². The number of nitro groups is 1. The molecule has 0 radical (unpaired) electrons. The summed E-state index contributed by atoms with van der Waals surface area (Å²) in [6, 6.07) is 10.0. The zero-order chi connectivity index (χ0) is 16.4. The van der Waals surface area contributed by atoms with Crippen molar-refractivity contribution in [1.82, 2.24) is 9.38 Å². The van der Waals surface area contributed by atoms with E-state index in [1.807, 2.05) is 28.8 Å². The Kier molecular flexibility index (Phi) is 3.98. The Balaban J connectivity index is 1.88. The van der Waals surface area contributed by atoms with E-state index in [0.717, 1.165) is 10.7 Å². The molecular formula is C15H12N4O3S. The molecule has 2 heterocycles. The van der Waals surface area contributed by atoms with Gasteiger partial charge in [-0.15, -0.1) is 0 Å². The molecule has 0 saturated carbocycles. The Morgan fingerprint density at radius 2 is 2.17 bits per heavy atom. The Hall–Kier alpha value is -2.87. The highest BCUT2D eigenvalue weighted by atomic mass is 32.2. The molecule has 0 spiro atoms. The number of fused-ring (bicyclic) bond motifs is 1. The van der Waals surface area contributed by atoms with Gasteiger partial charge in [-0.2, -0.15) is 0 Å². The normalized spacial score (nSPS) is 10.8. The van der Waals surface area contributed by atoms with Gasteiger partial charge >= 0.3 is 0 Å². The van der Waals surface area contributed by atoms with E-state index in [4.69, 9.17) is 5.73 Å². The molecule has 3 rings (SSSR count). The fourth-order valence-electron chi connectivity index (χ4n) is 2.18. The van der Waals surface area contributed by atoms with Crippen LogP contribution in [0.2, 0.25) is 0 Å². The predicted molar refractivity (Wildman–Crippen MR) is 86.4 cm³/mol. The summed E-state index contributed by atoms with van der Waals surface area (Å²) in [6.45, 7) is 0. The number of primary amides is 1. The second kappa shape index (κ2) is 6.09. The van der Waals surface area contributed by atoms with Crippen LogP contribution < -0.4 is 5.73 Å². The van der Waals surface area contributed by atoms with Crippen molar-refractivity contribution in [2.24, 2.45) is 5.73 Å². The van der Waals surface area contributed by atoms with Crippen molar-refractivity contribution in [2.75, 3.05) is 0 Å². The minimum atomic E-state index is -0.688. The highest BCUT2D eigenvalue weighted by Crippen LogP contribution is 2.28. The fraction of sp³-hybridized carbons (Fsp3) is 0.0667. The molecule has 0 aliphatic rings. The maximum atomic E-state index is 11.2. The molecule has 7 nitrogen and oxygen atoms in total. The van der Waals surface area contributed by atoms with Gasteiger partial charge in [0.05, 0.1) is 16.6 Å². The quantitative estimate of drug-likeness (QED) is 0.440. The number of pyridine rings is 1. The van der Waals surface area contributed by atoms with Crippen molar-refractivity contribution in [2.45, 2.75) is 10.9 Å². The summed E-state index contributed by atoms with van der Waals surface area (Å²) in [5, 5.41) is 11.9. The van der Waals surface area contributed by atoms with Gasteiger partial charge < -0.3 is 5.73 Å². The van der Waals surface area contributed by atoms with Crippen LogP contribution in [0.1, 0.15) is 15.9 Å². The molecule has 23 heavy (non-hydrogen) atoms. The van der Waals surface area contributed by atoms with Gasteiger partial charge in [-0.3, -0.25) is 19.3 Å². The Bertz CT molecular complexity index is 907. The highest BCUT2D eigenvalue weighted by molar-refractivity contribution is 7.98. The number of amides is 1. The Morgan fingerprint density at radius 3 is 2.91 bits per heavy atom. The third-order valence-corrected chi connectivity index (χ3v) is 4.34. The lowest BCUT2D eigenvalue weighted by molar-refractivity contribution is -0.385. The van der Waals surface area contributed by atoms with Crippen LogP contribution in [-0.2, 0) is 5.75 Å². The van der Waals surface area contributed by atoms with E-state index < -0.39 is 10.8 Å². The van der Waals surface area contributed by atoms with Crippen molar-refractivity contribution in [3.63, 3.8) is 0 Å². The average Bonchev–Trinajstić information content (AvgIpc) is 2.95. The third-order valence-electron chi connectivity index (χ3n) is 3.33. The number of nitro benzene ring substituents is 1. The summed E-state index contributed by atoms with van der Waals surface area (Å²) in [6.07, 6.45) is 3.63. The van der Waals surface area contributed by atoms with E-state index in [1.54, 1.807) is 12.3 Å². The van der Waals surface area contributed by atoms with Gasteiger partial charge in [0, 0.05) is 29.1 Å². The first-order valence-corrected chi connectivity index (χ1v) is 7.67. The lowest BCUT2D eigenvalue weighted by Gasteiger charge is -2.04. The number of nitrogens with zero attached hydrogens (tertiary/aromatic N) is 3. The molecule has 0 atom stereocenters. The first-order chi connectivity index (χ1) is 11.1. The van der Waals surface area contributed by atoms with Crippen LogP contribution >= 0.6 is 11.8 Å². The van der Waals surface area contributed by atoms with Crippen molar-refractivity contribution in [3.05, 3.63) is 70.0 Å². The average molecular weight is 328 g/mol. The molecule has 8 heteroatoms. The number of nitrogens with two attached hydrogens (primary N) is 1. The minimum Gasteiger partial charge on any atom is -0.366 e. The Morgan fingerprint density at radius 1 is 1.35 bits per heavy atom. The SMILES string of the molecule is NC(=O)c1ccc(CSc2ncc3ccccn23)c([N+](=O)[O-])c1. The first-order valence-electron chi connectivity index (χ1n) is 6.68. The zero-order valence-electron chi connectivity index (χ0n) is 11.9. The molecule has 0 bridgehead atoms. The van der Waals surface area contributed by atoms with Crippen molar-refractivity contribution >= 4 is 28.9 Å². The monoisotopic (exact) mass is 328 g/mol. The number of rotatable bonds is 5. The molecule has 2 N–H and O–H groups in total. The summed E-state index contributed by atoms with van der Waals surface area (Å²) in [5.41, 5.74) is 6.64. The van der Waals surface area contributed by atoms with Gasteiger partial charge in [0.15, 0.2) is 5.16 Å². The van der Waals surface area contributed by atoms with Crippen LogP contribution in [0.25, 0.3) is 5.52 Å². The topological polar surface area (TPSA) is 104 Å². The van der Waals surface area contributed by atoms with Crippen LogP contribution in [0.4, 0.5) is 5.69 Å². The molecular weight excluding hydrogens is 316 g/mol. The summed E-state index contributed by atoms with van der Waals surface area (Å²) in [4.78, 5) is 26.2. The Labute approximate surface area is 135 Å². The van der Waals surface area contributed by atoms with Gasteiger partial charge in [-0.05, 0) is 18.2 Å².